The van der Waals surface area contributed by atoms with E-state index in [-0.39, 0.29) is 64.2 Å². The number of imide groups is 1. The minimum Gasteiger partial charge on any atom is -0.478 e. The molecule has 2 unspecified atom stereocenters. The molecular formula is C74H85N11O20S2. The van der Waals surface area contributed by atoms with Crippen LogP contribution in [0.2, 0.25) is 0 Å². The fourth-order valence-electron chi connectivity index (χ4n) is 17.1. The van der Waals surface area contributed by atoms with Crippen LogP contribution in [0.3, 0.4) is 0 Å². The number of nitrogens with zero attached hydrogens (tertiary/aromatic N) is 7. The van der Waals surface area contributed by atoms with Gasteiger partial charge >= 0.3 is 18.0 Å². The average molecular weight is 1510 g/mol. The fraction of sp³-hybridized carbons (Fsp3) is 0.459. The Morgan fingerprint density at radius 3 is 2.24 bits per heavy atom. The molecule has 107 heavy (non-hydrogen) atoms. The number of anilines is 3. The van der Waals surface area contributed by atoms with Gasteiger partial charge in [0, 0.05) is 72.9 Å². The van der Waals surface area contributed by atoms with Crippen LogP contribution in [-0.4, -0.2) is 202 Å². The van der Waals surface area contributed by atoms with Crippen molar-refractivity contribution in [2.24, 2.45) is 22.2 Å². The summed E-state index contributed by atoms with van der Waals surface area (Å²) in [6.07, 6.45) is 0.911. The standard InChI is InChI=1S/C74H85N11O20S2/c1-40(2)58(80-55(86)31-84-56(87)20-21-57(84)88)66(94)76-41(3)64(92)77-46-16-14-45(44(28-46)15-18-52-60(89)61(90)62(91)63(105-52)68(97)98)32-103-70(99)82(25-27-107(100,101)102)24-26-104-74-36-71(5)33-72(6,37-74)35-73(34-71,38-74)39-85-42(4)49(29-75-85)47-17-19-54(79-59(47)67(95)96)83-23-22-43-10-9-11-48(50(43)30-83)65(93)81-69-78-51-12-7-8-13-53(51)106-69/h7-14,16-21,28-29,40-41,58,60-63,89-91H,15,22-27,30-39H2,1-6H3,(H,76,94)(H,77,92)(H,80,86)(H,95,96)(H,97,98)(H,78,81,93)(H,100,101,102)/b52-18-/t41-,58-,60-,61+,62-,63-,71?,72?,73?,74?/m0/s1. The van der Waals surface area contributed by atoms with Gasteiger partial charge in [-0.1, -0.05) is 69.4 Å². The van der Waals surface area contributed by atoms with Gasteiger partial charge in [0.15, 0.2) is 10.8 Å². The maximum absolute atomic E-state index is 14.3. The Labute approximate surface area is 619 Å². The zero-order chi connectivity index (χ0) is 76.8. The molecule has 0 spiro atoms. The summed E-state index contributed by atoms with van der Waals surface area (Å²) in [5.41, 5.74) is 3.79. The topological polar surface area (TPSA) is 438 Å². The van der Waals surface area contributed by atoms with Gasteiger partial charge in [-0.15, -0.1) is 0 Å². The number of para-hydroxylation sites is 1. The second-order valence-electron chi connectivity index (χ2n) is 30.0. The van der Waals surface area contributed by atoms with Crippen molar-refractivity contribution < 1.29 is 95.9 Å². The van der Waals surface area contributed by atoms with Gasteiger partial charge in [0.25, 0.3) is 27.8 Å². The summed E-state index contributed by atoms with van der Waals surface area (Å²) < 4.78 is 55.7. The van der Waals surface area contributed by atoms with Crippen molar-refractivity contribution in [1.29, 1.82) is 0 Å². The molecule has 10 N–H and O–H groups in total. The number of hydrogen-bond acceptors (Lipinski definition) is 22. The Kier molecular flexibility index (Phi) is 21.7. The number of carboxylic acid groups (broad SMARTS) is 2. The number of fused-ring (bicyclic) bond motifs is 2. The molecule has 6 heterocycles. The van der Waals surface area contributed by atoms with Crippen molar-refractivity contribution in [3.8, 4) is 11.1 Å². The summed E-state index contributed by atoms with van der Waals surface area (Å²) in [5.74, 6) is -8.31. The number of nitrogens with one attached hydrogen (secondary N) is 4. The Morgan fingerprint density at radius 1 is 0.822 bits per heavy atom. The summed E-state index contributed by atoms with van der Waals surface area (Å²) >= 11 is 1.38. The molecule has 7 amide bonds. The molecule has 3 aliphatic heterocycles. The van der Waals surface area contributed by atoms with Crippen molar-refractivity contribution in [2.45, 2.75) is 155 Å². The summed E-state index contributed by atoms with van der Waals surface area (Å²) in [6.45, 7) is 10.3. The number of ether oxygens (including phenoxy) is 3. The predicted octanol–water partition coefficient (Wildman–Crippen LogP) is 5.54. The summed E-state index contributed by atoms with van der Waals surface area (Å²) in [6, 6.07) is 18.6. The van der Waals surface area contributed by atoms with Gasteiger partial charge in [0.05, 0.1) is 34.4 Å². The van der Waals surface area contributed by atoms with E-state index in [0.717, 1.165) is 63.4 Å². The zero-order valence-electron chi connectivity index (χ0n) is 59.6. The smallest absolute Gasteiger partial charge is 0.410 e. The van der Waals surface area contributed by atoms with E-state index < -0.39 is 137 Å². The number of carbonyl (C=O) groups is 9. The molecule has 0 radical (unpaired) electrons. The average Bonchev–Trinajstić information content (AvgIpc) is 0.845. The number of thiazole rings is 1. The number of pyridine rings is 1. The molecule has 6 aromatic rings. The van der Waals surface area contributed by atoms with Crippen molar-refractivity contribution in [3.63, 3.8) is 0 Å². The zero-order valence-corrected chi connectivity index (χ0v) is 61.3. The molecule has 33 heteroatoms. The Morgan fingerprint density at radius 2 is 1.55 bits per heavy atom. The van der Waals surface area contributed by atoms with E-state index in [1.807, 2.05) is 52.9 Å². The first-order valence-electron chi connectivity index (χ1n) is 35.1. The number of aliphatic hydroxyl groups is 3. The maximum atomic E-state index is 14.3. The number of aliphatic carboxylic acids is 1. The van der Waals surface area contributed by atoms with Gasteiger partial charge in [-0.3, -0.25) is 48.2 Å². The van der Waals surface area contributed by atoms with Crippen LogP contribution in [0.4, 0.5) is 21.4 Å². The molecule has 8 atom stereocenters. The minimum absolute atomic E-state index is 0.0831. The number of rotatable bonds is 27. The second kappa shape index (κ2) is 30.3. The lowest BCUT2D eigenvalue weighted by Gasteiger charge is -2.69. The third-order valence-corrected chi connectivity index (χ3v) is 22.6. The van der Waals surface area contributed by atoms with E-state index in [9.17, 15) is 81.7 Å². The van der Waals surface area contributed by atoms with Crippen LogP contribution >= 0.6 is 11.3 Å². The number of hydrogen-bond donors (Lipinski definition) is 10. The maximum Gasteiger partial charge on any atom is 0.410 e. The molecule has 3 aromatic heterocycles. The highest BCUT2D eigenvalue weighted by atomic mass is 32.2. The lowest BCUT2D eigenvalue weighted by Crippen LogP contribution is -2.64. The quantitative estimate of drug-likeness (QED) is 0.0223. The third kappa shape index (κ3) is 16.9. The molecule has 4 bridgehead atoms. The van der Waals surface area contributed by atoms with Gasteiger partial charge < -0.3 is 65.5 Å². The summed E-state index contributed by atoms with van der Waals surface area (Å²) in [7, 11) is -4.64. The first-order valence-corrected chi connectivity index (χ1v) is 37.5. The number of aliphatic hydroxyl groups excluding tert-OH is 3. The van der Waals surface area contributed by atoms with Crippen molar-refractivity contribution >= 4 is 102 Å². The number of aromatic nitrogens is 4. The summed E-state index contributed by atoms with van der Waals surface area (Å²) in [4.78, 5) is 131. The lowest BCUT2D eigenvalue weighted by molar-refractivity contribution is -0.248. The molecule has 4 saturated carbocycles. The van der Waals surface area contributed by atoms with Gasteiger partial charge in [0.1, 0.15) is 55.1 Å². The van der Waals surface area contributed by atoms with Crippen molar-refractivity contribution in [3.05, 3.63) is 142 Å². The number of amides is 7. The number of carbonyl (C=O) groups excluding carboxylic acids is 7. The van der Waals surface area contributed by atoms with E-state index in [1.165, 1.54) is 42.5 Å². The molecule has 3 aromatic carbocycles. The van der Waals surface area contributed by atoms with E-state index in [1.54, 1.807) is 38.2 Å². The normalized spacial score (nSPS) is 24.6. The number of aromatic carboxylic acids is 1. The fourth-order valence-corrected chi connectivity index (χ4v) is 18.4. The molecule has 7 aliphatic rings. The van der Waals surface area contributed by atoms with Crippen LogP contribution in [-0.2, 0) is 85.6 Å². The van der Waals surface area contributed by atoms with E-state index in [4.69, 9.17) is 24.3 Å². The molecule has 5 fully saturated rings. The number of carboxylic acids is 2. The number of allylic oxidation sites excluding steroid dienone is 1. The largest absolute Gasteiger partial charge is 0.478 e. The van der Waals surface area contributed by atoms with E-state index >= 15 is 0 Å². The van der Waals surface area contributed by atoms with E-state index in [2.05, 4.69) is 40.1 Å². The second-order valence-corrected chi connectivity index (χ2v) is 32.6. The SMILES string of the molecule is Cc1c(-c2ccc(N3CCc4cccc(C(=O)Nc5nc6ccccc6s5)c4C3)nc2C(=O)O)cnn1CC12CC3(C)CC(C)(C1)CC(OCCN(CCS(=O)(=O)O)C(=O)OCc1ccc(NC(=O)[C@H](C)NC(=O)[C@@H](NC(=O)CN4C(=O)C=CC4=O)C(C)C)cc1C/C=C1\O[C@H](C(=O)O)[C@@H](O)[C@H](O)[C@H]1O)(C3)C2. The van der Waals surface area contributed by atoms with Crippen LogP contribution in [0.15, 0.2) is 103 Å². The Bertz CT molecular complexity index is 4680. The van der Waals surface area contributed by atoms with Gasteiger partial charge in [-0.25, -0.2) is 24.4 Å². The van der Waals surface area contributed by atoms with Crippen LogP contribution in [0.5, 0.6) is 0 Å². The van der Waals surface area contributed by atoms with Gasteiger partial charge in [-0.2, -0.15) is 13.5 Å². The predicted molar refractivity (Wildman–Crippen MR) is 387 cm³/mol. The van der Waals surface area contributed by atoms with Crippen LogP contribution in [0.25, 0.3) is 21.3 Å². The van der Waals surface area contributed by atoms with Crippen molar-refractivity contribution in [1.82, 2.24) is 40.2 Å². The molecule has 568 valence electrons. The molecular weight excluding hydrogens is 1430 g/mol. The first kappa shape index (κ1) is 76.6. The summed E-state index contributed by atoms with van der Waals surface area (Å²) in [5, 5.41) is 68.5. The van der Waals surface area contributed by atoms with Crippen LogP contribution < -0.4 is 26.2 Å². The minimum atomic E-state index is -4.64. The lowest BCUT2D eigenvalue weighted by atomic mass is 9.39. The monoisotopic (exact) mass is 1510 g/mol. The van der Waals surface area contributed by atoms with Gasteiger partial charge in [0.2, 0.25) is 23.8 Å². The first-order chi connectivity index (χ1) is 50.6. The van der Waals surface area contributed by atoms with Crippen LogP contribution in [0, 0.1) is 29.1 Å². The van der Waals surface area contributed by atoms with Crippen molar-refractivity contribution in [2.75, 3.05) is 54.1 Å². The highest BCUT2D eigenvalue weighted by Crippen LogP contribution is 2.72. The molecule has 31 nitrogen and oxygen atoms in total. The van der Waals surface area contributed by atoms with Crippen LogP contribution in [0.1, 0.15) is 122 Å². The Hall–Kier alpha value is -10.0. The molecule has 1 saturated heterocycles. The highest BCUT2D eigenvalue weighted by molar-refractivity contribution is 7.85. The Balaban J connectivity index is 0.721. The van der Waals surface area contributed by atoms with Gasteiger partial charge in [-0.05, 0) is 158 Å². The number of benzene rings is 3. The highest BCUT2D eigenvalue weighted by Gasteiger charge is 2.66. The third-order valence-electron chi connectivity index (χ3n) is 21.0. The molecule has 13 rings (SSSR count). The molecule has 4 aliphatic carbocycles. The van der Waals surface area contributed by atoms with E-state index in [0.29, 0.717) is 77.9 Å².